The highest BCUT2D eigenvalue weighted by molar-refractivity contribution is 14.1. The zero-order valence-electron chi connectivity index (χ0n) is 19.0. The van der Waals surface area contributed by atoms with Crippen molar-refractivity contribution in [1.82, 2.24) is 0 Å². The van der Waals surface area contributed by atoms with E-state index in [9.17, 15) is 10.1 Å². The van der Waals surface area contributed by atoms with Gasteiger partial charge in [0.25, 0.3) is 0 Å². The van der Waals surface area contributed by atoms with Crippen LogP contribution in [0.25, 0.3) is 0 Å². The van der Waals surface area contributed by atoms with Crippen LogP contribution in [-0.2, 0) is 20.9 Å². The van der Waals surface area contributed by atoms with E-state index < -0.39 is 11.9 Å². The summed E-state index contributed by atoms with van der Waals surface area (Å²) in [5.41, 5.74) is 8.03. The Labute approximate surface area is 220 Å². The van der Waals surface area contributed by atoms with Gasteiger partial charge in [0.2, 0.25) is 5.88 Å². The van der Waals surface area contributed by atoms with Crippen LogP contribution in [0.1, 0.15) is 37.8 Å². The van der Waals surface area contributed by atoms with E-state index in [4.69, 9.17) is 24.7 Å². The Kier molecular flexibility index (Phi) is 8.85. The maximum Gasteiger partial charge on any atom is 0.338 e. The van der Waals surface area contributed by atoms with Gasteiger partial charge in [-0.05, 0) is 78.8 Å². The fourth-order valence-corrected chi connectivity index (χ4v) is 4.63. The fraction of sp³-hybridized carbons (Fsp3) is 0.280. The summed E-state index contributed by atoms with van der Waals surface area (Å²) in [5.74, 6) is 0.0182. The van der Waals surface area contributed by atoms with Crippen molar-refractivity contribution in [2.24, 2.45) is 5.73 Å². The minimum atomic E-state index is -0.758. The van der Waals surface area contributed by atoms with Crippen molar-refractivity contribution in [2.75, 3.05) is 13.2 Å². The molecule has 1 aliphatic heterocycles. The molecule has 3 rings (SSSR count). The molecule has 9 heteroatoms. The molecule has 1 atom stereocenters. The lowest BCUT2D eigenvalue weighted by Gasteiger charge is -2.27. The number of carbonyl (C=O) groups excluding carboxylic acids is 1. The van der Waals surface area contributed by atoms with E-state index in [0.29, 0.717) is 36.0 Å². The van der Waals surface area contributed by atoms with Crippen molar-refractivity contribution in [1.29, 1.82) is 5.26 Å². The summed E-state index contributed by atoms with van der Waals surface area (Å²) >= 11 is 5.59. The minimum Gasteiger partial charge on any atom is -0.490 e. The number of halogens is 2. The first kappa shape index (κ1) is 25.9. The van der Waals surface area contributed by atoms with Gasteiger partial charge in [-0.15, -0.1) is 0 Å². The lowest BCUT2D eigenvalue weighted by Crippen LogP contribution is -2.25. The van der Waals surface area contributed by atoms with E-state index in [0.717, 1.165) is 13.6 Å². The third-order valence-electron chi connectivity index (χ3n) is 5.06. The van der Waals surface area contributed by atoms with Gasteiger partial charge in [-0.3, -0.25) is 0 Å². The lowest BCUT2D eigenvalue weighted by molar-refractivity contribution is -0.139. The SMILES string of the molecule is CCOC(=O)C1=C(C)OC(N)=C(C#N)C1c1cc(I)c(OCc2ccc(Br)cc2)c(OCC)c1. The second kappa shape index (κ2) is 11.6. The van der Waals surface area contributed by atoms with Crippen molar-refractivity contribution in [2.45, 2.75) is 33.3 Å². The summed E-state index contributed by atoms with van der Waals surface area (Å²) in [6, 6.07) is 13.6. The van der Waals surface area contributed by atoms with Gasteiger partial charge < -0.3 is 24.7 Å². The monoisotopic (exact) mass is 638 g/mol. The highest BCUT2D eigenvalue weighted by atomic mass is 127. The van der Waals surface area contributed by atoms with Crippen LogP contribution < -0.4 is 15.2 Å². The van der Waals surface area contributed by atoms with Crippen molar-refractivity contribution in [3.63, 3.8) is 0 Å². The van der Waals surface area contributed by atoms with E-state index in [1.807, 2.05) is 37.3 Å². The van der Waals surface area contributed by atoms with Gasteiger partial charge >= 0.3 is 5.97 Å². The van der Waals surface area contributed by atoms with Gasteiger partial charge in [0.15, 0.2) is 11.5 Å². The van der Waals surface area contributed by atoms with Crippen LogP contribution in [0.3, 0.4) is 0 Å². The number of carbonyl (C=O) groups is 1. The van der Waals surface area contributed by atoms with Crippen LogP contribution in [0.15, 0.2) is 63.7 Å². The topological polar surface area (TPSA) is 104 Å². The average Bonchev–Trinajstić information content (AvgIpc) is 2.79. The normalized spacial score (nSPS) is 15.5. The predicted octanol–water partition coefficient (Wildman–Crippen LogP) is 5.68. The van der Waals surface area contributed by atoms with Crippen molar-refractivity contribution in [3.05, 3.63) is 78.4 Å². The minimum absolute atomic E-state index is 0.0402. The second-order valence-electron chi connectivity index (χ2n) is 7.29. The number of rotatable bonds is 8. The lowest BCUT2D eigenvalue weighted by atomic mass is 9.83. The Morgan fingerprint density at radius 1 is 1.21 bits per heavy atom. The third kappa shape index (κ3) is 5.67. The number of nitrogens with zero attached hydrogens (tertiary/aromatic N) is 1. The second-order valence-corrected chi connectivity index (χ2v) is 9.37. The smallest absolute Gasteiger partial charge is 0.338 e. The Hall–Kier alpha value is -2.71. The zero-order valence-corrected chi connectivity index (χ0v) is 22.7. The van der Waals surface area contributed by atoms with Crippen molar-refractivity contribution < 1.29 is 23.7 Å². The molecule has 1 aliphatic rings. The molecule has 0 aromatic heterocycles. The molecule has 0 saturated heterocycles. The van der Waals surface area contributed by atoms with Gasteiger partial charge in [0, 0.05) is 4.47 Å². The summed E-state index contributed by atoms with van der Waals surface area (Å²) in [7, 11) is 0. The summed E-state index contributed by atoms with van der Waals surface area (Å²) in [5, 5.41) is 9.83. The molecule has 0 radical (unpaired) electrons. The Bertz CT molecular complexity index is 1190. The maximum atomic E-state index is 12.8. The molecule has 7 nitrogen and oxygen atoms in total. The van der Waals surface area contributed by atoms with Crippen molar-refractivity contribution in [3.8, 4) is 17.6 Å². The molecular formula is C25H24BrIN2O5. The van der Waals surface area contributed by atoms with E-state index in [1.165, 1.54) is 0 Å². The van der Waals surface area contributed by atoms with E-state index >= 15 is 0 Å². The van der Waals surface area contributed by atoms with Gasteiger partial charge in [-0.25, -0.2) is 4.79 Å². The van der Waals surface area contributed by atoms with Crippen LogP contribution in [-0.4, -0.2) is 19.2 Å². The standard InChI is InChI=1S/C25H24BrIN2O5/c1-4-31-20-11-16(10-19(27)23(20)33-13-15-6-8-17(26)9-7-15)22-18(12-28)24(29)34-14(3)21(22)25(30)32-5-2/h6-11,22H,4-5,13,29H2,1-3H3. The molecule has 1 unspecified atom stereocenters. The Morgan fingerprint density at radius 3 is 2.53 bits per heavy atom. The molecule has 0 bridgehead atoms. The number of benzene rings is 2. The Morgan fingerprint density at radius 2 is 1.91 bits per heavy atom. The Balaban J connectivity index is 2.06. The number of ether oxygens (including phenoxy) is 4. The first-order valence-corrected chi connectivity index (χ1v) is 12.5. The fourth-order valence-electron chi connectivity index (χ4n) is 3.58. The molecule has 2 aromatic carbocycles. The van der Waals surface area contributed by atoms with Crippen LogP contribution >= 0.6 is 38.5 Å². The zero-order chi connectivity index (χ0) is 24.8. The van der Waals surface area contributed by atoms with E-state index in [2.05, 4.69) is 44.6 Å². The number of nitrogens with two attached hydrogens (primary N) is 1. The largest absolute Gasteiger partial charge is 0.490 e. The number of nitriles is 1. The summed E-state index contributed by atoms with van der Waals surface area (Å²) in [6.07, 6.45) is 0. The third-order valence-corrected chi connectivity index (χ3v) is 6.39. The summed E-state index contributed by atoms with van der Waals surface area (Å²) in [4.78, 5) is 12.8. The average molecular weight is 639 g/mol. The molecule has 1 heterocycles. The van der Waals surface area contributed by atoms with Crippen LogP contribution in [0, 0.1) is 14.9 Å². The molecule has 0 spiro atoms. The van der Waals surface area contributed by atoms with Gasteiger partial charge in [-0.2, -0.15) is 5.26 Å². The quantitative estimate of drug-likeness (QED) is 0.293. The molecule has 0 aliphatic carbocycles. The van der Waals surface area contributed by atoms with Crippen LogP contribution in [0.5, 0.6) is 11.5 Å². The van der Waals surface area contributed by atoms with Gasteiger partial charge in [0.05, 0.1) is 28.3 Å². The van der Waals surface area contributed by atoms with Crippen LogP contribution in [0.4, 0.5) is 0 Å². The highest BCUT2D eigenvalue weighted by Crippen LogP contribution is 2.44. The molecule has 0 saturated carbocycles. The first-order valence-electron chi connectivity index (χ1n) is 10.6. The molecule has 2 N–H and O–H groups in total. The maximum absolute atomic E-state index is 12.8. The highest BCUT2D eigenvalue weighted by Gasteiger charge is 2.37. The van der Waals surface area contributed by atoms with E-state index in [1.54, 1.807) is 19.9 Å². The molecule has 34 heavy (non-hydrogen) atoms. The van der Waals surface area contributed by atoms with Gasteiger partial charge in [-0.1, -0.05) is 28.1 Å². The predicted molar refractivity (Wildman–Crippen MR) is 139 cm³/mol. The van der Waals surface area contributed by atoms with Gasteiger partial charge in [0.1, 0.15) is 24.0 Å². The first-order chi connectivity index (χ1) is 16.3. The molecule has 178 valence electrons. The number of allylic oxidation sites excluding steroid dienone is 2. The molecule has 2 aromatic rings. The molecule has 0 fully saturated rings. The number of hydrogen-bond donors (Lipinski definition) is 1. The summed E-state index contributed by atoms with van der Waals surface area (Å²) < 4.78 is 24.5. The molecular weight excluding hydrogens is 615 g/mol. The number of esters is 1. The number of hydrogen-bond acceptors (Lipinski definition) is 7. The van der Waals surface area contributed by atoms with Crippen molar-refractivity contribution >= 4 is 44.5 Å². The molecule has 0 amide bonds. The van der Waals surface area contributed by atoms with E-state index in [-0.39, 0.29) is 23.6 Å². The summed E-state index contributed by atoms with van der Waals surface area (Å²) in [6.45, 7) is 6.17. The van der Waals surface area contributed by atoms with Crippen LogP contribution in [0.2, 0.25) is 0 Å².